The first-order valence-electron chi connectivity index (χ1n) is 8.93. The van der Waals surface area contributed by atoms with Gasteiger partial charge in [0.2, 0.25) is 0 Å². The van der Waals surface area contributed by atoms with E-state index in [2.05, 4.69) is 26.6 Å². The van der Waals surface area contributed by atoms with Gasteiger partial charge in [0.1, 0.15) is 6.61 Å². The number of nitrogens with one attached hydrogen (secondary N) is 2. The van der Waals surface area contributed by atoms with E-state index in [9.17, 15) is 0 Å². The predicted molar refractivity (Wildman–Crippen MR) is 116 cm³/mol. The second-order valence-corrected chi connectivity index (χ2v) is 7.63. The molecule has 2 aromatic carbocycles. The second-order valence-electron chi connectivity index (χ2n) is 5.96. The van der Waals surface area contributed by atoms with E-state index in [1.807, 2.05) is 32.2 Å². The fourth-order valence-electron chi connectivity index (χ4n) is 2.56. The van der Waals surface area contributed by atoms with Gasteiger partial charge < -0.3 is 20.1 Å². The number of hydrogen-bond donors (Lipinski definition) is 2. The van der Waals surface area contributed by atoms with Gasteiger partial charge in [0, 0.05) is 22.2 Å². The quantitative estimate of drug-likeness (QED) is 0.425. The SMILES string of the molecule is CCOc1cc(CNCCCNC)cc(Br)c1OCc1c(Cl)cccc1Cl. The molecule has 2 aromatic rings. The van der Waals surface area contributed by atoms with Crippen molar-refractivity contribution in [2.24, 2.45) is 0 Å². The van der Waals surface area contributed by atoms with Crippen LogP contribution < -0.4 is 20.1 Å². The molecule has 0 fully saturated rings. The topological polar surface area (TPSA) is 42.5 Å². The molecule has 0 aliphatic heterocycles. The molecule has 0 spiro atoms. The molecule has 4 nitrogen and oxygen atoms in total. The molecule has 27 heavy (non-hydrogen) atoms. The summed E-state index contributed by atoms with van der Waals surface area (Å²) in [4.78, 5) is 0. The number of ether oxygens (including phenoxy) is 2. The summed E-state index contributed by atoms with van der Waals surface area (Å²) in [5.41, 5.74) is 1.88. The van der Waals surface area contributed by atoms with Crippen molar-refractivity contribution < 1.29 is 9.47 Å². The van der Waals surface area contributed by atoms with Crippen molar-refractivity contribution in [3.05, 3.63) is 56.0 Å². The van der Waals surface area contributed by atoms with Crippen LogP contribution in [0, 0.1) is 0 Å². The van der Waals surface area contributed by atoms with Crippen LogP contribution in [0.3, 0.4) is 0 Å². The second kappa shape index (κ2) is 11.8. The molecule has 0 amide bonds. The average Bonchev–Trinajstić information content (AvgIpc) is 2.63. The molecule has 2 N–H and O–H groups in total. The van der Waals surface area contributed by atoms with Gasteiger partial charge in [-0.3, -0.25) is 0 Å². The highest BCUT2D eigenvalue weighted by atomic mass is 79.9. The highest BCUT2D eigenvalue weighted by Gasteiger charge is 2.14. The van der Waals surface area contributed by atoms with Crippen molar-refractivity contribution in [2.45, 2.75) is 26.5 Å². The molecule has 0 atom stereocenters. The van der Waals surface area contributed by atoms with E-state index in [1.165, 1.54) is 0 Å². The molecule has 0 saturated heterocycles. The van der Waals surface area contributed by atoms with Gasteiger partial charge in [-0.25, -0.2) is 0 Å². The Kier molecular flexibility index (Phi) is 9.73. The molecular formula is C20H25BrCl2N2O2. The van der Waals surface area contributed by atoms with E-state index < -0.39 is 0 Å². The van der Waals surface area contributed by atoms with Crippen molar-refractivity contribution in [1.82, 2.24) is 10.6 Å². The van der Waals surface area contributed by atoms with Crippen molar-refractivity contribution in [3.8, 4) is 11.5 Å². The van der Waals surface area contributed by atoms with Gasteiger partial charge in [-0.15, -0.1) is 0 Å². The van der Waals surface area contributed by atoms with Crippen LogP contribution in [0.15, 0.2) is 34.8 Å². The number of halogens is 3. The van der Waals surface area contributed by atoms with Crippen molar-refractivity contribution in [2.75, 3.05) is 26.7 Å². The summed E-state index contributed by atoms with van der Waals surface area (Å²) in [5.74, 6) is 1.34. The average molecular weight is 476 g/mol. The first-order valence-corrected chi connectivity index (χ1v) is 10.5. The summed E-state index contributed by atoms with van der Waals surface area (Å²) >= 11 is 16.1. The minimum Gasteiger partial charge on any atom is -0.490 e. The fraction of sp³-hybridized carbons (Fsp3) is 0.400. The van der Waals surface area contributed by atoms with Gasteiger partial charge in [0.25, 0.3) is 0 Å². The van der Waals surface area contributed by atoms with Gasteiger partial charge in [-0.05, 0) is 79.2 Å². The highest BCUT2D eigenvalue weighted by Crippen LogP contribution is 2.38. The zero-order chi connectivity index (χ0) is 19.6. The predicted octanol–water partition coefficient (Wildman–Crippen LogP) is 5.43. The van der Waals surface area contributed by atoms with Gasteiger partial charge in [0.05, 0.1) is 11.1 Å². The summed E-state index contributed by atoms with van der Waals surface area (Å²) in [6.45, 7) is 5.47. The Morgan fingerprint density at radius 1 is 1.07 bits per heavy atom. The summed E-state index contributed by atoms with van der Waals surface area (Å²) < 4.78 is 12.6. The molecule has 0 bridgehead atoms. The molecular weight excluding hydrogens is 451 g/mol. The molecule has 0 saturated carbocycles. The zero-order valence-corrected chi connectivity index (χ0v) is 18.7. The molecule has 0 radical (unpaired) electrons. The standard InChI is InChI=1S/C20H25BrCl2N2O2/c1-3-26-19-11-14(12-25-9-5-8-24-2)10-16(21)20(19)27-13-15-17(22)6-4-7-18(15)23/h4,6-7,10-11,24-25H,3,5,8-9,12-13H2,1-2H3. The zero-order valence-electron chi connectivity index (χ0n) is 15.6. The van der Waals surface area contributed by atoms with Crippen LogP contribution in [0.25, 0.3) is 0 Å². The Balaban J connectivity index is 2.10. The molecule has 0 aliphatic rings. The van der Waals surface area contributed by atoms with Crippen molar-refractivity contribution >= 4 is 39.1 Å². The smallest absolute Gasteiger partial charge is 0.175 e. The summed E-state index contributed by atoms with van der Waals surface area (Å²) in [6.07, 6.45) is 1.08. The summed E-state index contributed by atoms with van der Waals surface area (Å²) in [7, 11) is 1.96. The van der Waals surface area contributed by atoms with E-state index >= 15 is 0 Å². The summed E-state index contributed by atoms with van der Waals surface area (Å²) in [5, 5.41) is 7.74. The van der Waals surface area contributed by atoms with E-state index in [0.29, 0.717) is 28.2 Å². The minimum absolute atomic E-state index is 0.263. The number of rotatable bonds is 11. The van der Waals surface area contributed by atoms with Crippen LogP contribution in [-0.2, 0) is 13.2 Å². The van der Waals surface area contributed by atoms with Crippen molar-refractivity contribution in [3.63, 3.8) is 0 Å². The molecule has 0 heterocycles. The molecule has 2 rings (SSSR count). The Labute approximate surface area is 179 Å². The Hall–Kier alpha value is -0.980. The Morgan fingerprint density at radius 3 is 2.48 bits per heavy atom. The monoisotopic (exact) mass is 474 g/mol. The van der Waals surface area contributed by atoms with Crippen LogP contribution in [0.4, 0.5) is 0 Å². The van der Waals surface area contributed by atoms with E-state index in [0.717, 1.165) is 41.7 Å². The number of hydrogen-bond acceptors (Lipinski definition) is 4. The molecule has 0 aromatic heterocycles. The first-order chi connectivity index (χ1) is 13.1. The molecule has 0 aliphatic carbocycles. The molecule has 148 valence electrons. The lowest BCUT2D eigenvalue weighted by atomic mass is 10.2. The van der Waals surface area contributed by atoms with Crippen LogP contribution >= 0.6 is 39.1 Å². The van der Waals surface area contributed by atoms with Gasteiger partial charge >= 0.3 is 0 Å². The Morgan fingerprint density at radius 2 is 1.81 bits per heavy atom. The van der Waals surface area contributed by atoms with Gasteiger partial charge in [-0.1, -0.05) is 29.3 Å². The van der Waals surface area contributed by atoms with Gasteiger partial charge in [-0.2, -0.15) is 0 Å². The van der Waals surface area contributed by atoms with Crippen LogP contribution in [0.2, 0.25) is 10.0 Å². The third-order valence-corrected chi connectivity index (χ3v) is 5.20. The molecule has 0 unspecified atom stereocenters. The van der Waals surface area contributed by atoms with E-state index in [4.69, 9.17) is 32.7 Å². The minimum atomic E-state index is 0.263. The maximum Gasteiger partial charge on any atom is 0.175 e. The highest BCUT2D eigenvalue weighted by molar-refractivity contribution is 9.10. The normalized spacial score (nSPS) is 10.9. The summed E-state index contributed by atoms with van der Waals surface area (Å²) in [6, 6.07) is 9.45. The van der Waals surface area contributed by atoms with Crippen molar-refractivity contribution in [1.29, 1.82) is 0 Å². The van der Waals surface area contributed by atoms with Crippen LogP contribution in [0.1, 0.15) is 24.5 Å². The maximum atomic E-state index is 6.23. The third-order valence-electron chi connectivity index (χ3n) is 3.90. The van der Waals surface area contributed by atoms with Gasteiger partial charge in [0.15, 0.2) is 11.5 Å². The van der Waals surface area contributed by atoms with E-state index in [-0.39, 0.29) is 6.61 Å². The lowest BCUT2D eigenvalue weighted by Gasteiger charge is -2.17. The van der Waals surface area contributed by atoms with E-state index in [1.54, 1.807) is 12.1 Å². The van der Waals surface area contributed by atoms with Crippen LogP contribution in [-0.4, -0.2) is 26.7 Å². The molecule has 7 heteroatoms. The Bertz CT molecular complexity index is 724. The van der Waals surface area contributed by atoms with Crippen LogP contribution in [0.5, 0.6) is 11.5 Å². The fourth-order valence-corrected chi connectivity index (χ4v) is 3.67. The maximum absolute atomic E-state index is 6.23. The number of benzene rings is 2. The lowest BCUT2D eigenvalue weighted by molar-refractivity contribution is 0.267. The third kappa shape index (κ3) is 6.84. The largest absolute Gasteiger partial charge is 0.490 e. The lowest BCUT2D eigenvalue weighted by Crippen LogP contribution is -2.19. The first kappa shape index (κ1) is 22.3.